The van der Waals surface area contributed by atoms with Gasteiger partial charge in [-0.2, -0.15) is 19.6 Å². The quantitative estimate of drug-likeness (QED) is 0.309. The van der Waals surface area contributed by atoms with Crippen LogP contribution in [-0.4, -0.2) is 65.6 Å². The van der Waals surface area contributed by atoms with Gasteiger partial charge >= 0.3 is 5.69 Å². The van der Waals surface area contributed by atoms with E-state index in [-0.39, 0.29) is 23.5 Å². The molecule has 1 fully saturated rings. The predicted octanol–water partition coefficient (Wildman–Crippen LogP) is -0.229. The summed E-state index contributed by atoms with van der Waals surface area (Å²) in [6, 6.07) is 7.56. The van der Waals surface area contributed by atoms with Gasteiger partial charge in [0.2, 0.25) is 11.8 Å². The average Bonchev–Trinajstić information content (AvgIpc) is 3.45. The number of nitrogens with zero attached hydrogens (tertiary/aromatic N) is 6. The summed E-state index contributed by atoms with van der Waals surface area (Å²) in [7, 11) is 3.43. The lowest BCUT2D eigenvalue weighted by molar-refractivity contribution is 0.0827. The Balaban J connectivity index is 1.52. The van der Waals surface area contributed by atoms with E-state index in [1.807, 2.05) is 18.2 Å². The fourth-order valence-electron chi connectivity index (χ4n) is 3.41. The third-order valence-electron chi connectivity index (χ3n) is 5.29. The fourth-order valence-corrected chi connectivity index (χ4v) is 3.41. The zero-order valence-electron chi connectivity index (χ0n) is 18.6. The molecule has 1 aliphatic carbocycles. The first-order chi connectivity index (χ1) is 16.4. The molecule has 1 aliphatic rings. The number of rotatable bonds is 6. The van der Waals surface area contributed by atoms with E-state index in [0.717, 1.165) is 18.4 Å². The fraction of sp³-hybridized carbons (Fsp3) is 0.273. The van der Waals surface area contributed by atoms with Crippen LogP contribution in [-0.2, 0) is 6.54 Å². The zero-order valence-corrected chi connectivity index (χ0v) is 18.6. The van der Waals surface area contributed by atoms with Crippen molar-refractivity contribution in [3.05, 3.63) is 68.6 Å². The third-order valence-corrected chi connectivity index (χ3v) is 5.29. The number of H-pyrrole nitrogens is 2. The van der Waals surface area contributed by atoms with Gasteiger partial charge in [0, 0.05) is 31.4 Å². The Bertz CT molecular complexity index is 1560. The summed E-state index contributed by atoms with van der Waals surface area (Å²) in [6.07, 6.45) is 5.14. The van der Waals surface area contributed by atoms with Crippen molar-refractivity contribution in [1.82, 2.24) is 34.4 Å². The Labute approximate surface area is 192 Å². The normalized spacial score (nSPS) is 14.6. The van der Waals surface area contributed by atoms with Crippen LogP contribution < -0.4 is 21.8 Å². The third kappa shape index (κ3) is 4.37. The molecule has 5 rings (SSSR count). The molecule has 12 heteroatoms. The van der Waals surface area contributed by atoms with Gasteiger partial charge in [-0.05, 0) is 36.6 Å². The number of nitrogens with one attached hydrogen (secondary N) is 3. The largest absolute Gasteiger partial charge is 0.493 e. The monoisotopic (exact) mass is 461 g/mol. The molecule has 3 aromatic heterocycles. The minimum absolute atomic E-state index is 0.0736. The first-order valence-corrected chi connectivity index (χ1v) is 10.7. The number of aromatic amines is 2. The summed E-state index contributed by atoms with van der Waals surface area (Å²) < 4.78 is 1.54. The minimum Gasteiger partial charge on any atom is -0.493 e. The van der Waals surface area contributed by atoms with Crippen LogP contribution in [0.2, 0.25) is 0 Å². The Morgan fingerprint density at radius 3 is 2.85 bits per heavy atom. The summed E-state index contributed by atoms with van der Waals surface area (Å²) >= 11 is 0. The SMILES string of the molecule is CN(C)C(=O)c1cccc(CNc2nc(=NC3CC3)n3nc/c(=C\c4[nH]c(=O)[nH]c4O)c3n2)c1. The number of carbonyl (C=O) groups excluding carboxylic acids is 1. The van der Waals surface area contributed by atoms with Crippen LogP contribution in [0, 0.1) is 0 Å². The van der Waals surface area contributed by atoms with Gasteiger partial charge in [-0.15, -0.1) is 0 Å². The Morgan fingerprint density at radius 1 is 1.32 bits per heavy atom. The highest BCUT2D eigenvalue weighted by atomic mass is 16.3. The van der Waals surface area contributed by atoms with Crippen molar-refractivity contribution in [2.24, 2.45) is 4.99 Å². The summed E-state index contributed by atoms with van der Waals surface area (Å²) in [4.78, 5) is 43.8. The summed E-state index contributed by atoms with van der Waals surface area (Å²) in [6.45, 7) is 0.396. The van der Waals surface area contributed by atoms with Crippen LogP contribution >= 0.6 is 0 Å². The second kappa shape index (κ2) is 8.46. The maximum absolute atomic E-state index is 12.3. The first-order valence-electron chi connectivity index (χ1n) is 10.7. The molecule has 0 aliphatic heterocycles. The highest BCUT2D eigenvalue weighted by Crippen LogP contribution is 2.22. The molecule has 1 saturated carbocycles. The molecule has 0 spiro atoms. The van der Waals surface area contributed by atoms with E-state index in [4.69, 9.17) is 0 Å². The summed E-state index contributed by atoms with van der Waals surface area (Å²) in [5.41, 5.74) is 2.07. The van der Waals surface area contributed by atoms with Crippen LogP contribution in [0.1, 0.15) is 34.5 Å². The average molecular weight is 461 g/mol. The Hall–Kier alpha value is -4.48. The topological polar surface area (TPSA) is 157 Å². The molecule has 1 aromatic carbocycles. The van der Waals surface area contributed by atoms with Crippen molar-refractivity contribution >= 4 is 23.6 Å². The summed E-state index contributed by atoms with van der Waals surface area (Å²) in [5.74, 6) is 0.000464. The van der Waals surface area contributed by atoms with E-state index in [1.54, 1.807) is 32.4 Å². The van der Waals surface area contributed by atoms with Gasteiger partial charge in [0.15, 0.2) is 5.65 Å². The molecule has 1 amide bonds. The molecule has 0 radical (unpaired) electrons. The molecule has 0 atom stereocenters. The lowest BCUT2D eigenvalue weighted by atomic mass is 10.1. The zero-order chi connectivity index (χ0) is 23.8. The standard InChI is InChI=1S/C22H23N9O3/c1-30(2)19(33)13-5-3-4-12(8-13)10-23-20-27-17-14(9-16-18(32)28-22(34)26-16)11-24-31(17)21(29-20)25-15-6-7-15/h3-5,8-9,11,15,32H,6-7,10H2,1-2H3,(H,23,25,29)(H2,26,28,34)/b14-9+. The molecular weight excluding hydrogens is 438 g/mol. The molecule has 12 nitrogen and oxygen atoms in total. The number of imidazole rings is 1. The second-order valence-electron chi connectivity index (χ2n) is 8.28. The van der Waals surface area contributed by atoms with Crippen LogP contribution in [0.3, 0.4) is 0 Å². The molecule has 4 N–H and O–H groups in total. The van der Waals surface area contributed by atoms with Gasteiger partial charge in [0.05, 0.1) is 12.2 Å². The number of aromatic nitrogens is 6. The minimum atomic E-state index is -0.517. The van der Waals surface area contributed by atoms with Crippen LogP contribution in [0.4, 0.5) is 5.95 Å². The van der Waals surface area contributed by atoms with Crippen LogP contribution in [0.25, 0.3) is 11.7 Å². The molecule has 0 bridgehead atoms. The van der Waals surface area contributed by atoms with Crippen molar-refractivity contribution in [3.63, 3.8) is 0 Å². The second-order valence-corrected chi connectivity index (χ2v) is 8.28. The van der Waals surface area contributed by atoms with Crippen LogP contribution in [0.15, 0.2) is 40.2 Å². The lowest BCUT2D eigenvalue weighted by Crippen LogP contribution is -2.25. The number of anilines is 1. The highest BCUT2D eigenvalue weighted by Gasteiger charge is 2.21. The molecule has 0 unspecified atom stereocenters. The molecule has 34 heavy (non-hydrogen) atoms. The lowest BCUT2D eigenvalue weighted by Gasteiger charge is -2.11. The molecule has 0 saturated heterocycles. The highest BCUT2D eigenvalue weighted by molar-refractivity contribution is 5.94. The van der Waals surface area contributed by atoms with E-state index in [0.29, 0.717) is 34.5 Å². The van der Waals surface area contributed by atoms with Crippen molar-refractivity contribution in [3.8, 4) is 5.88 Å². The number of hydrogen-bond donors (Lipinski definition) is 4. The van der Waals surface area contributed by atoms with E-state index < -0.39 is 5.69 Å². The Morgan fingerprint density at radius 2 is 2.15 bits per heavy atom. The van der Waals surface area contributed by atoms with E-state index in [1.165, 1.54) is 9.42 Å². The number of carbonyl (C=O) groups is 1. The number of fused-ring (bicyclic) bond motifs is 1. The van der Waals surface area contributed by atoms with Gasteiger partial charge in [-0.25, -0.2) is 9.79 Å². The molecule has 3 heterocycles. The number of amides is 1. The Kier molecular flexibility index (Phi) is 5.32. The van der Waals surface area contributed by atoms with Gasteiger partial charge in [-0.1, -0.05) is 12.1 Å². The van der Waals surface area contributed by atoms with E-state index in [9.17, 15) is 14.7 Å². The van der Waals surface area contributed by atoms with Crippen molar-refractivity contribution in [2.45, 2.75) is 25.4 Å². The van der Waals surface area contributed by atoms with Gasteiger partial charge in [0.1, 0.15) is 5.69 Å². The van der Waals surface area contributed by atoms with E-state index >= 15 is 0 Å². The van der Waals surface area contributed by atoms with Crippen molar-refractivity contribution in [1.29, 1.82) is 0 Å². The van der Waals surface area contributed by atoms with Gasteiger partial charge < -0.3 is 20.3 Å². The smallest absolute Gasteiger partial charge is 0.326 e. The number of benzene rings is 1. The van der Waals surface area contributed by atoms with Crippen LogP contribution in [0.5, 0.6) is 5.88 Å². The van der Waals surface area contributed by atoms with Gasteiger partial charge in [-0.3, -0.25) is 9.78 Å². The van der Waals surface area contributed by atoms with E-state index in [2.05, 4.69) is 35.3 Å². The maximum Gasteiger partial charge on any atom is 0.326 e. The summed E-state index contributed by atoms with van der Waals surface area (Å²) in [5, 5.41) is 18.0. The molecular formula is C22H23N9O3. The van der Waals surface area contributed by atoms with Gasteiger partial charge in [0.25, 0.3) is 11.5 Å². The van der Waals surface area contributed by atoms with Crippen molar-refractivity contribution in [2.75, 3.05) is 19.4 Å². The number of hydrogen-bond acceptors (Lipinski definition) is 8. The molecule has 4 aromatic rings. The first kappa shape index (κ1) is 21.4. The molecule has 174 valence electrons. The number of aromatic hydroxyl groups is 1. The maximum atomic E-state index is 12.3. The van der Waals surface area contributed by atoms with Crippen molar-refractivity contribution < 1.29 is 9.90 Å². The predicted molar refractivity (Wildman–Crippen MR) is 123 cm³/mol.